The first-order valence-corrected chi connectivity index (χ1v) is 7.34. The van der Waals surface area contributed by atoms with Crippen molar-refractivity contribution < 1.29 is 5.11 Å². The monoisotopic (exact) mass is 284 g/mol. The first-order chi connectivity index (χ1) is 9.72. The van der Waals surface area contributed by atoms with Crippen LogP contribution in [0.1, 0.15) is 16.5 Å². The van der Waals surface area contributed by atoms with E-state index >= 15 is 0 Å². The average molecular weight is 284 g/mol. The second-order valence-corrected chi connectivity index (χ2v) is 6.10. The van der Waals surface area contributed by atoms with Crippen LogP contribution in [0.25, 0.3) is 10.4 Å². The molecule has 0 amide bonds. The summed E-state index contributed by atoms with van der Waals surface area (Å²) < 4.78 is 1.88. The third-order valence-corrected chi connectivity index (χ3v) is 4.29. The van der Waals surface area contributed by atoms with Crippen molar-refractivity contribution in [1.29, 1.82) is 0 Å². The summed E-state index contributed by atoms with van der Waals surface area (Å²) in [7, 11) is 0. The smallest absolute Gasteiger partial charge is 0.0969 e. The zero-order valence-electron chi connectivity index (χ0n) is 11.2. The standard InChI is InChI=1S/C16H16N2OS/c1-12-5-6-16(20-12)14-4-2-3-13(9-14)15(19)10-18-8-7-17-11-18/h2-9,11,15,19H,10H2,1H3. The molecule has 3 nitrogen and oxygen atoms in total. The fraction of sp³-hybridized carbons (Fsp3) is 0.188. The number of nitrogens with zero attached hydrogens (tertiary/aromatic N) is 2. The number of aryl methyl sites for hydroxylation is 1. The molecule has 20 heavy (non-hydrogen) atoms. The van der Waals surface area contributed by atoms with Crippen LogP contribution in [0.3, 0.4) is 0 Å². The molecule has 2 heterocycles. The van der Waals surface area contributed by atoms with Gasteiger partial charge in [-0.15, -0.1) is 11.3 Å². The Balaban J connectivity index is 1.83. The normalized spacial score (nSPS) is 12.5. The Morgan fingerprint density at radius 1 is 1.30 bits per heavy atom. The van der Waals surface area contributed by atoms with Gasteiger partial charge in [0.25, 0.3) is 0 Å². The van der Waals surface area contributed by atoms with E-state index in [2.05, 4.69) is 36.2 Å². The van der Waals surface area contributed by atoms with Gasteiger partial charge in [0.1, 0.15) is 0 Å². The maximum atomic E-state index is 10.3. The molecule has 0 spiro atoms. The highest BCUT2D eigenvalue weighted by Gasteiger charge is 2.10. The van der Waals surface area contributed by atoms with E-state index in [0.717, 1.165) is 11.1 Å². The summed E-state index contributed by atoms with van der Waals surface area (Å²) in [5, 5.41) is 10.3. The molecule has 0 aliphatic rings. The fourth-order valence-electron chi connectivity index (χ4n) is 2.19. The number of thiophene rings is 1. The van der Waals surface area contributed by atoms with Crippen molar-refractivity contribution in [3.05, 3.63) is 65.6 Å². The van der Waals surface area contributed by atoms with E-state index < -0.39 is 6.10 Å². The molecule has 0 radical (unpaired) electrons. The third kappa shape index (κ3) is 2.81. The molecule has 4 heteroatoms. The number of aliphatic hydroxyl groups is 1. The molecule has 1 N–H and O–H groups in total. The minimum atomic E-state index is -0.523. The molecule has 3 aromatic rings. The van der Waals surface area contributed by atoms with E-state index in [1.807, 2.05) is 22.9 Å². The van der Waals surface area contributed by atoms with Gasteiger partial charge in [0.05, 0.1) is 19.0 Å². The van der Waals surface area contributed by atoms with Crippen molar-refractivity contribution in [2.45, 2.75) is 19.6 Å². The maximum absolute atomic E-state index is 10.3. The minimum absolute atomic E-state index is 0.521. The van der Waals surface area contributed by atoms with Crippen molar-refractivity contribution in [3.8, 4) is 10.4 Å². The zero-order chi connectivity index (χ0) is 13.9. The van der Waals surface area contributed by atoms with E-state index in [0.29, 0.717) is 6.54 Å². The Hall–Kier alpha value is -1.91. The predicted octanol–water partition coefficient (Wildman–Crippen LogP) is 3.65. The minimum Gasteiger partial charge on any atom is -0.387 e. The Bertz CT molecular complexity index is 688. The van der Waals surface area contributed by atoms with Crippen molar-refractivity contribution in [1.82, 2.24) is 9.55 Å². The number of aliphatic hydroxyl groups excluding tert-OH is 1. The van der Waals surface area contributed by atoms with Gasteiger partial charge in [-0.25, -0.2) is 4.98 Å². The topological polar surface area (TPSA) is 38.0 Å². The molecule has 0 bridgehead atoms. The van der Waals surface area contributed by atoms with Gasteiger partial charge >= 0.3 is 0 Å². The molecule has 102 valence electrons. The number of rotatable bonds is 4. The van der Waals surface area contributed by atoms with Crippen molar-refractivity contribution in [2.75, 3.05) is 0 Å². The van der Waals surface area contributed by atoms with Crippen LogP contribution in [0.4, 0.5) is 0 Å². The second-order valence-electron chi connectivity index (χ2n) is 4.81. The number of benzene rings is 1. The van der Waals surface area contributed by atoms with Crippen LogP contribution in [-0.4, -0.2) is 14.7 Å². The summed E-state index contributed by atoms with van der Waals surface area (Å²) in [6.45, 7) is 2.62. The number of hydrogen-bond acceptors (Lipinski definition) is 3. The average Bonchev–Trinajstić information content (AvgIpc) is 3.10. The zero-order valence-corrected chi connectivity index (χ0v) is 12.0. The van der Waals surface area contributed by atoms with Gasteiger partial charge in [0.15, 0.2) is 0 Å². The lowest BCUT2D eigenvalue weighted by Gasteiger charge is -2.12. The third-order valence-electron chi connectivity index (χ3n) is 3.24. The van der Waals surface area contributed by atoms with Crippen LogP contribution in [0.15, 0.2) is 55.1 Å². The predicted molar refractivity (Wildman–Crippen MR) is 81.7 cm³/mol. The lowest BCUT2D eigenvalue weighted by atomic mass is 10.1. The molecule has 0 fully saturated rings. The summed E-state index contributed by atoms with van der Waals surface area (Å²) in [4.78, 5) is 6.52. The fourth-order valence-corrected chi connectivity index (χ4v) is 3.05. The Kier molecular flexibility index (Phi) is 3.67. The second kappa shape index (κ2) is 5.61. The molecular weight excluding hydrogens is 268 g/mol. The summed E-state index contributed by atoms with van der Waals surface area (Å²) >= 11 is 1.77. The van der Waals surface area contributed by atoms with Crippen LogP contribution in [0.5, 0.6) is 0 Å². The van der Waals surface area contributed by atoms with E-state index in [4.69, 9.17) is 0 Å². The molecule has 2 aromatic heterocycles. The van der Waals surface area contributed by atoms with Gasteiger partial charge in [-0.2, -0.15) is 0 Å². The van der Waals surface area contributed by atoms with Gasteiger partial charge in [0, 0.05) is 22.1 Å². The van der Waals surface area contributed by atoms with Gasteiger partial charge in [0.2, 0.25) is 0 Å². The van der Waals surface area contributed by atoms with E-state index in [-0.39, 0.29) is 0 Å². The highest BCUT2D eigenvalue weighted by molar-refractivity contribution is 7.15. The van der Waals surface area contributed by atoms with Gasteiger partial charge in [-0.1, -0.05) is 18.2 Å². The van der Waals surface area contributed by atoms with Crippen LogP contribution >= 0.6 is 11.3 Å². The van der Waals surface area contributed by atoms with Gasteiger partial charge in [-0.05, 0) is 36.2 Å². The highest BCUT2D eigenvalue weighted by Crippen LogP contribution is 2.29. The highest BCUT2D eigenvalue weighted by atomic mass is 32.1. The van der Waals surface area contributed by atoms with E-state index in [1.54, 1.807) is 23.9 Å². The van der Waals surface area contributed by atoms with Gasteiger partial charge < -0.3 is 9.67 Å². The van der Waals surface area contributed by atoms with Crippen molar-refractivity contribution in [3.63, 3.8) is 0 Å². The quantitative estimate of drug-likeness (QED) is 0.794. The molecule has 1 atom stereocenters. The summed E-state index contributed by atoms with van der Waals surface area (Å²) in [6.07, 6.45) is 4.77. The van der Waals surface area contributed by atoms with Crippen LogP contribution in [0, 0.1) is 6.92 Å². The maximum Gasteiger partial charge on any atom is 0.0969 e. The molecule has 0 saturated heterocycles. The Morgan fingerprint density at radius 2 is 2.20 bits per heavy atom. The number of imidazole rings is 1. The molecular formula is C16H16N2OS. The summed E-state index contributed by atoms with van der Waals surface area (Å²) in [5.41, 5.74) is 2.09. The molecule has 1 unspecified atom stereocenters. The SMILES string of the molecule is Cc1ccc(-c2cccc(C(O)Cn3ccnc3)c2)s1. The molecule has 3 rings (SSSR count). The summed E-state index contributed by atoms with van der Waals surface area (Å²) in [6, 6.07) is 12.4. The van der Waals surface area contributed by atoms with E-state index in [1.165, 1.54) is 9.75 Å². The lowest BCUT2D eigenvalue weighted by molar-refractivity contribution is 0.156. The van der Waals surface area contributed by atoms with Crippen molar-refractivity contribution >= 4 is 11.3 Å². The summed E-state index contributed by atoms with van der Waals surface area (Å²) in [5.74, 6) is 0. The van der Waals surface area contributed by atoms with Gasteiger partial charge in [-0.3, -0.25) is 0 Å². The molecule has 0 aliphatic carbocycles. The van der Waals surface area contributed by atoms with Crippen LogP contribution in [-0.2, 0) is 6.54 Å². The molecule has 0 saturated carbocycles. The van der Waals surface area contributed by atoms with Crippen LogP contribution in [0.2, 0.25) is 0 Å². The van der Waals surface area contributed by atoms with Crippen LogP contribution < -0.4 is 0 Å². The Morgan fingerprint density at radius 3 is 2.90 bits per heavy atom. The largest absolute Gasteiger partial charge is 0.387 e. The Labute approximate surface area is 122 Å². The lowest BCUT2D eigenvalue weighted by Crippen LogP contribution is -2.07. The van der Waals surface area contributed by atoms with Crippen molar-refractivity contribution in [2.24, 2.45) is 0 Å². The van der Waals surface area contributed by atoms with E-state index in [9.17, 15) is 5.11 Å². The first kappa shape index (κ1) is 13.1. The first-order valence-electron chi connectivity index (χ1n) is 6.53. The molecule has 0 aliphatic heterocycles. The molecule has 1 aromatic carbocycles. The number of aromatic nitrogens is 2. The number of hydrogen-bond donors (Lipinski definition) is 1.